The van der Waals surface area contributed by atoms with Crippen LogP contribution in [0.5, 0.6) is 0 Å². The van der Waals surface area contributed by atoms with Crippen LogP contribution in [0, 0.1) is 0 Å². The Balaban J connectivity index is 1.82. The lowest BCUT2D eigenvalue weighted by Gasteiger charge is -2.13. The number of fused-ring (bicyclic) bond motifs is 1. The third-order valence-corrected chi connectivity index (χ3v) is 4.52. The zero-order valence-corrected chi connectivity index (χ0v) is 13.2. The van der Waals surface area contributed by atoms with Crippen molar-refractivity contribution < 1.29 is 0 Å². The van der Waals surface area contributed by atoms with Crippen LogP contribution in [0.3, 0.4) is 0 Å². The summed E-state index contributed by atoms with van der Waals surface area (Å²) in [6.45, 7) is 4.18. The van der Waals surface area contributed by atoms with Gasteiger partial charge in [0.1, 0.15) is 0 Å². The molecule has 0 radical (unpaired) electrons. The molecule has 0 amide bonds. The number of nitrogens with one attached hydrogen (secondary N) is 1. The van der Waals surface area contributed by atoms with Crippen LogP contribution in [0.1, 0.15) is 55.5 Å². The van der Waals surface area contributed by atoms with E-state index in [2.05, 4.69) is 45.8 Å². The van der Waals surface area contributed by atoms with Gasteiger partial charge in [0.2, 0.25) is 0 Å². The van der Waals surface area contributed by atoms with Crippen molar-refractivity contribution in [2.75, 3.05) is 7.05 Å². The number of imidazole rings is 1. The smallest absolute Gasteiger partial charge is 0.0948 e. The van der Waals surface area contributed by atoms with Gasteiger partial charge < -0.3 is 14.5 Å². The molecule has 0 aliphatic heterocycles. The van der Waals surface area contributed by atoms with Gasteiger partial charge in [0.25, 0.3) is 0 Å². The molecular formula is C17H26N4. The van der Waals surface area contributed by atoms with Crippen molar-refractivity contribution in [3.05, 3.63) is 41.7 Å². The van der Waals surface area contributed by atoms with E-state index in [1.807, 2.05) is 12.5 Å². The lowest BCUT2D eigenvalue weighted by Crippen LogP contribution is -2.15. The molecule has 1 unspecified atom stereocenters. The third kappa shape index (κ3) is 3.05. The van der Waals surface area contributed by atoms with Gasteiger partial charge in [0, 0.05) is 31.2 Å². The summed E-state index contributed by atoms with van der Waals surface area (Å²) in [5.41, 5.74) is 4.31. The summed E-state index contributed by atoms with van der Waals surface area (Å²) in [4.78, 5) is 4.30. The summed E-state index contributed by atoms with van der Waals surface area (Å²) in [6.07, 6.45) is 14.9. The van der Waals surface area contributed by atoms with Crippen molar-refractivity contribution in [2.24, 2.45) is 0 Å². The van der Waals surface area contributed by atoms with Crippen molar-refractivity contribution in [3.8, 4) is 0 Å². The Labute approximate surface area is 127 Å². The van der Waals surface area contributed by atoms with E-state index in [9.17, 15) is 0 Å². The maximum Gasteiger partial charge on any atom is 0.0948 e. The van der Waals surface area contributed by atoms with Crippen LogP contribution in [0.25, 0.3) is 0 Å². The summed E-state index contributed by atoms with van der Waals surface area (Å²) in [6, 6.07) is 0.518. The third-order valence-electron chi connectivity index (χ3n) is 4.52. The SMILES string of the molecule is CCCn1cncc1Cn1cc2c(c1)C(NC)CCCC2. The van der Waals surface area contributed by atoms with Gasteiger partial charge in [-0.25, -0.2) is 4.98 Å². The normalized spacial score (nSPS) is 18.5. The molecule has 114 valence electrons. The topological polar surface area (TPSA) is 34.8 Å². The van der Waals surface area contributed by atoms with E-state index in [4.69, 9.17) is 0 Å². The number of nitrogens with zero attached hydrogens (tertiary/aromatic N) is 3. The Morgan fingerprint density at radius 1 is 1.33 bits per heavy atom. The summed E-state index contributed by atoms with van der Waals surface area (Å²) < 4.78 is 4.60. The Morgan fingerprint density at radius 3 is 3.05 bits per heavy atom. The number of rotatable bonds is 5. The molecule has 0 bridgehead atoms. The Morgan fingerprint density at radius 2 is 2.24 bits per heavy atom. The molecule has 1 aliphatic carbocycles. The molecule has 0 aromatic carbocycles. The molecule has 1 N–H and O–H groups in total. The van der Waals surface area contributed by atoms with Gasteiger partial charge in [-0.05, 0) is 43.9 Å². The van der Waals surface area contributed by atoms with E-state index in [1.165, 1.54) is 42.5 Å². The number of hydrogen-bond donors (Lipinski definition) is 1. The first-order valence-corrected chi connectivity index (χ1v) is 8.16. The van der Waals surface area contributed by atoms with Gasteiger partial charge in [-0.15, -0.1) is 0 Å². The van der Waals surface area contributed by atoms with E-state index < -0.39 is 0 Å². The maximum absolute atomic E-state index is 4.30. The monoisotopic (exact) mass is 286 g/mol. The quantitative estimate of drug-likeness (QED) is 0.857. The highest BCUT2D eigenvalue weighted by atomic mass is 15.1. The molecule has 2 heterocycles. The van der Waals surface area contributed by atoms with E-state index in [0.717, 1.165) is 19.5 Å². The average molecular weight is 286 g/mol. The van der Waals surface area contributed by atoms with E-state index in [-0.39, 0.29) is 0 Å². The van der Waals surface area contributed by atoms with Gasteiger partial charge in [-0.1, -0.05) is 13.3 Å². The fraction of sp³-hybridized carbons (Fsp3) is 0.588. The lowest BCUT2D eigenvalue weighted by atomic mass is 10.1. The lowest BCUT2D eigenvalue weighted by molar-refractivity contribution is 0.530. The molecule has 1 aliphatic rings. The van der Waals surface area contributed by atoms with Crippen LogP contribution in [0.4, 0.5) is 0 Å². The molecule has 0 fully saturated rings. The van der Waals surface area contributed by atoms with Crippen LogP contribution in [0.2, 0.25) is 0 Å². The predicted octanol–water partition coefficient (Wildman–Crippen LogP) is 3.13. The highest BCUT2D eigenvalue weighted by Crippen LogP contribution is 2.29. The van der Waals surface area contributed by atoms with Gasteiger partial charge in [0.15, 0.2) is 0 Å². The van der Waals surface area contributed by atoms with Crippen molar-refractivity contribution in [3.63, 3.8) is 0 Å². The van der Waals surface area contributed by atoms with Crippen molar-refractivity contribution >= 4 is 0 Å². The highest BCUT2D eigenvalue weighted by Gasteiger charge is 2.19. The minimum absolute atomic E-state index is 0.518. The summed E-state index contributed by atoms with van der Waals surface area (Å²) in [5.74, 6) is 0. The fourth-order valence-electron chi connectivity index (χ4n) is 3.42. The first-order chi connectivity index (χ1) is 10.3. The number of hydrogen-bond acceptors (Lipinski definition) is 2. The van der Waals surface area contributed by atoms with Gasteiger partial charge in [-0.3, -0.25) is 0 Å². The Hall–Kier alpha value is -1.55. The molecular weight excluding hydrogens is 260 g/mol. The van der Waals surface area contributed by atoms with Crippen LogP contribution >= 0.6 is 0 Å². The zero-order chi connectivity index (χ0) is 14.7. The average Bonchev–Trinajstić information content (AvgIpc) is 3.03. The van der Waals surface area contributed by atoms with Gasteiger partial charge in [-0.2, -0.15) is 0 Å². The standard InChI is InChI=1S/C17H26N4/c1-3-8-21-13-19-9-15(21)11-20-10-14-6-4-5-7-17(18-2)16(14)12-20/h9-10,12-13,17-18H,3-8,11H2,1-2H3. The first-order valence-electron chi connectivity index (χ1n) is 8.16. The second-order valence-electron chi connectivity index (χ2n) is 6.08. The summed E-state index contributed by atoms with van der Waals surface area (Å²) >= 11 is 0. The minimum Gasteiger partial charge on any atom is -0.348 e. The van der Waals surface area contributed by atoms with Crippen molar-refractivity contribution in [2.45, 2.75) is 58.2 Å². The molecule has 4 heteroatoms. The van der Waals surface area contributed by atoms with Crippen molar-refractivity contribution in [1.29, 1.82) is 0 Å². The van der Waals surface area contributed by atoms with Crippen LogP contribution in [0.15, 0.2) is 24.9 Å². The largest absolute Gasteiger partial charge is 0.348 e. The van der Waals surface area contributed by atoms with Gasteiger partial charge in [0.05, 0.1) is 18.6 Å². The number of aromatic nitrogens is 3. The second-order valence-corrected chi connectivity index (χ2v) is 6.08. The summed E-state index contributed by atoms with van der Waals surface area (Å²) in [7, 11) is 2.08. The molecule has 4 nitrogen and oxygen atoms in total. The predicted molar refractivity (Wildman–Crippen MR) is 85.4 cm³/mol. The molecule has 0 saturated heterocycles. The van der Waals surface area contributed by atoms with E-state index in [1.54, 1.807) is 0 Å². The van der Waals surface area contributed by atoms with Crippen LogP contribution in [-0.2, 0) is 19.5 Å². The Kier molecular flexibility index (Phi) is 4.44. The molecule has 1 atom stereocenters. The highest BCUT2D eigenvalue weighted by molar-refractivity contribution is 5.29. The molecule has 21 heavy (non-hydrogen) atoms. The summed E-state index contributed by atoms with van der Waals surface area (Å²) in [5, 5.41) is 3.47. The fourth-order valence-corrected chi connectivity index (χ4v) is 3.42. The molecule has 2 aromatic heterocycles. The van der Waals surface area contributed by atoms with E-state index in [0.29, 0.717) is 6.04 Å². The maximum atomic E-state index is 4.30. The molecule has 3 rings (SSSR count). The van der Waals surface area contributed by atoms with E-state index >= 15 is 0 Å². The number of aryl methyl sites for hydroxylation is 2. The zero-order valence-electron chi connectivity index (χ0n) is 13.2. The Bertz CT molecular complexity index is 581. The second kappa shape index (κ2) is 6.48. The molecule has 0 saturated carbocycles. The first kappa shape index (κ1) is 14.4. The molecule has 0 spiro atoms. The minimum atomic E-state index is 0.518. The van der Waals surface area contributed by atoms with Crippen LogP contribution in [-0.4, -0.2) is 21.2 Å². The van der Waals surface area contributed by atoms with Gasteiger partial charge >= 0.3 is 0 Å². The molecule has 2 aromatic rings. The van der Waals surface area contributed by atoms with Crippen molar-refractivity contribution in [1.82, 2.24) is 19.4 Å². The van der Waals surface area contributed by atoms with Crippen LogP contribution < -0.4 is 5.32 Å².